The topological polar surface area (TPSA) is 112 Å². The van der Waals surface area contributed by atoms with E-state index in [1.54, 1.807) is 43.0 Å². The molecular weight excluding hydrogens is 433 g/mol. The van der Waals surface area contributed by atoms with E-state index in [0.717, 1.165) is 22.6 Å². The van der Waals surface area contributed by atoms with E-state index in [4.69, 9.17) is 0 Å². The Balaban J connectivity index is 1.59. The zero-order valence-electron chi connectivity index (χ0n) is 18.6. The Morgan fingerprint density at radius 3 is 1.65 bits per heavy atom. The smallest absolute Gasteiger partial charge is 0.231 e. The minimum atomic E-state index is -0.328. The van der Waals surface area contributed by atoms with E-state index in [9.17, 15) is 4.39 Å². The number of hydrogen-bond donors (Lipinski definition) is 3. The van der Waals surface area contributed by atoms with Crippen molar-refractivity contribution in [1.29, 1.82) is 0 Å². The maximum Gasteiger partial charge on any atom is 0.231 e. The predicted molar refractivity (Wildman–Crippen MR) is 132 cm³/mol. The number of hydrogen-bond acceptors (Lipinski definition) is 9. The molecule has 0 radical (unpaired) electrons. The molecule has 10 heteroatoms. The van der Waals surface area contributed by atoms with E-state index in [1.807, 2.05) is 38.1 Å². The zero-order valence-corrected chi connectivity index (χ0v) is 18.6. The van der Waals surface area contributed by atoms with E-state index < -0.39 is 0 Å². The lowest BCUT2D eigenvalue weighted by atomic mass is 10.2. The van der Waals surface area contributed by atoms with Crippen LogP contribution in [-0.4, -0.2) is 31.4 Å². The minimum absolute atomic E-state index is 0.285. The van der Waals surface area contributed by atoms with Crippen LogP contribution < -0.4 is 16.2 Å². The lowest BCUT2D eigenvalue weighted by Crippen LogP contribution is -2.06. The van der Waals surface area contributed by atoms with Crippen LogP contribution in [0.3, 0.4) is 0 Å². The van der Waals surface area contributed by atoms with Crippen LogP contribution in [0.5, 0.6) is 0 Å². The van der Waals surface area contributed by atoms with E-state index in [1.165, 1.54) is 12.1 Å². The lowest BCUT2D eigenvalue weighted by molar-refractivity contribution is 0.628. The summed E-state index contributed by atoms with van der Waals surface area (Å²) in [6.45, 7) is 3.76. The average Bonchev–Trinajstić information content (AvgIpc) is 2.88. The van der Waals surface area contributed by atoms with Crippen molar-refractivity contribution in [2.45, 2.75) is 13.8 Å². The number of nitrogens with zero attached hydrogens (tertiary/aromatic N) is 6. The van der Waals surface area contributed by atoms with Crippen molar-refractivity contribution in [3.8, 4) is 0 Å². The lowest BCUT2D eigenvalue weighted by Gasteiger charge is -2.10. The number of benzene rings is 1. The molecule has 0 unspecified atom stereocenters. The van der Waals surface area contributed by atoms with Gasteiger partial charge in [-0.3, -0.25) is 20.8 Å². The van der Waals surface area contributed by atoms with Gasteiger partial charge in [0.25, 0.3) is 0 Å². The molecule has 0 saturated carbocycles. The molecule has 1 aromatic carbocycles. The number of pyridine rings is 2. The molecule has 3 heterocycles. The third-order valence-electron chi connectivity index (χ3n) is 4.70. The van der Waals surface area contributed by atoms with Crippen LogP contribution in [0.25, 0.3) is 0 Å². The first-order valence-electron chi connectivity index (χ1n) is 10.4. The standard InChI is InChI=1S/C24H22FN9/c1-16(18-7-11-26-12-8-18)31-33-22-15-23(34-32-17(2)19-9-13-27-14-10-19)30-24(29-22)28-21-5-3-20(25)4-6-21/h3-15H,1-2H3,(H3,28,29,30,33,34). The van der Waals surface area contributed by atoms with E-state index >= 15 is 0 Å². The number of halogens is 1. The van der Waals surface area contributed by atoms with Crippen LogP contribution in [0.2, 0.25) is 0 Å². The molecular formula is C24H22FN9. The second kappa shape index (κ2) is 10.7. The highest BCUT2D eigenvalue weighted by atomic mass is 19.1. The maximum atomic E-state index is 13.3. The van der Waals surface area contributed by atoms with E-state index in [0.29, 0.717) is 17.3 Å². The Morgan fingerprint density at radius 2 is 1.18 bits per heavy atom. The van der Waals surface area contributed by atoms with Crippen LogP contribution in [-0.2, 0) is 0 Å². The van der Waals surface area contributed by atoms with Crippen molar-refractivity contribution in [2.24, 2.45) is 10.2 Å². The van der Waals surface area contributed by atoms with Gasteiger partial charge >= 0.3 is 0 Å². The molecule has 34 heavy (non-hydrogen) atoms. The van der Waals surface area contributed by atoms with E-state index in [-0.39, 0.29) is 11.8 Å². The summed E-state index contributed by atoms with van der Waals surface area (Å²) in [7, 11) is 0. The van der Waals surface area contributed by atoms with Crippen molar-refractivity contribution in [1.82, 2.24) is 19.9 Å². The monoisotopic (exact) mass is 455 g/mol. The van der Waals surface area contributed by atoms with Crippen LogP contribution in [0.15, 0.2) is 89.6 Å². The molecule has 0 bridgehead atoms. The average molecular weight is 456 g/mol. The first-order chi connectivity index (χ1) is 16.6. The van der Waals surface area contributed by atoms with Gasteiger partial charge in [0.15, 0.2) is 11.6 Å². The van der Waals surface area contributed by atoms with Gasteiger partial charge in [-0.05, 0) is 62.4 Å². The third kappa shape index (κ3) is 6.16. The second-order valence-corrected chi connectivity index (χ2v) is 7.18. The molecule has 0 aliphatic heterocycles. The molecule has 9 nitrogen and oxygen atoms in total. The number of hydrazone groups is 2. The summed E-state index contributed by atoms with van der Waals surface area (Å²) in [5, 5.41) is 11.9. The Bertz CT molecular complexity index is 1220. The molecule has 0 saturated heterocycles. The van der Waals surface area contributed by atoms with Crippen LogP contribution in [0.4, 0.5) is 27.7 Å². The maximum absolute atomic E-state index is 13.3. The van der Waals surface area contributed by atoms with Gasteiger partial charge in [0.1, 0.15) is 5.82 Å². The zero-order chi connectivity index (χ0) is 23.8. The Hall–Kier alpha value is -4.73. The first kappa shape index (κ1) is 22.5. The SMILES string of the molecule is CC(=NNc1cc(NN=C(C)c2ccncc2)nc(Nc2ccc(F)cc2)n1)c1ccncc1. The molecule has 170 valence electrons. The fourth-order valence-corrected chi connectivity index (χ4v) is 2.88. The minimum Gasteiger partial charge on any atom is -0.324 e. The summed E-state index contributed by atoms with van der Waals surface area (Å²) < 4.78 is 13.3. The van der Waals surface area contributed by atoms with Crippen molar-refractivity contribution in [2.75, 3.05) is 16.2 Å². The van der Waals surface area contributed by atoms with Crippen molar-refractivity contribution in [3.05, 3.63) is 96.3 Å². The normalized spacial score (nSPS) is 11.7. The van der Waals surface area contributed by atoms with Crippen molar-refractivity contribution < 1.29 is 4.39 Å². The molecule has 3 N–H and O–H groups in total. The summed E-state index contributed by atoms with van der Waals surface area (Å²) in [5.41, 5.74) is 9.93. The summed E-state index contributed by atoms with van der Waals surface area (Å²) in [6, 6.07) is 15.1. The van der Waals surface area contributed by atoms with Gasteiger partial charge in [0.05, 0.1) is 11.4 Å². The highest BCUT2D eigenvalue weighted by Crippen LogP contribution is 2.19. The molecule has 0 amide bonds. The number of aromatic nitrogens is 4. The van der Waals surface area contributed by atoms with Gasteiger partial charge in [0, 0.05) is 47.7 Å². The van der Waals surface area contributed by atoms with Gasteiger partial charge in [-0.25, -0.2) is 4.39 Å². The molecule has 4 rings (SSSR count). The van der Waals surface area contributed by atoms with Gasteiger partial charge in [-0.2, -0.15) is 20.2 Å². The highest BCUT2D eigenvalue weighted by molar-refractivity contribution is 5.99. The number of nitrogens with one attached hydrogen (secondary N) is 3. The van der Waals surface area contributed by atoms with Gasteiger partial charge in [0.2, 0.25) is 5.95 Å². The van der Waals surface area contributed by atoms with Crippen LogP contribution >= 0.6 is 0 Å². The van der Waals surface area contributed by atoms with Gasteiger partial charge < -0.3 is 5.32 Å². The molecule has 0 spiro atoms. The highest BCUT2D eigenvalue weighted by Gasteiger charge is 2.07. The fraction of sp³-hybridized carbons (Fsp3) is 0.0833. The molecule has 0 atom stereocenters. The van der Waals surface area contributed by atoms with Crippen molar-refractivity contribution in [3.63, 3.8) is 0 Å². The third-order valence-corrected chi connectivity index (χ3v) is 4.70. The molecule has 0 fully saturated rings. The Labute approximate surface area is 195 Å². The van der Waals surface area contributed by atoms with Gasteiger partial charge in [-0.15, -0.1) is 0 Å². The van der Waals surface area contributed by atoms with Crippen LogP contribution in [0.1, 0.15) is 25.0 Å². The molecule has 0 aliphatic carbocycles. The van der Waals surface area contributed by atoms with Crippen LogP contribution in [0, 0.1) is 5.82 Å². The number of rotatable bonds is 8. The molecule has 0 aliphatic rings. The quantitative estimate of drug-likeness (QED) is 0.258. The van der Waals surface area contributed by atoms with E-state index in [2.05, 4.69) is 46.3 Å². The summed E-state index contributed by atoms with van der Waals surface area (Å²) in [5.74, 6) is 0.832. The summed E-state index contributed by atoms with van der Waals surface area (Å²) >= 11 is 0. The Morgan fingerprint density at radius 1 is 0.706 bits per heavy atom. The number of anilines is 4. The van der Waals surface area contributed by atoms with Gasteiger partial charge in [-0.1, -0.05) is 0 Å². The second-order valence-electron chi connectivity index (χ2n) is 7.18. The largest absolute Gasteiger partial charge is 0.324 e. The first-order valence-corrected chi connectivity index (χ1v) is 10.4. The fourth-order valence-electron chi connectivity index (χ4n) is 2.88. The summed E-state index contributed by atoms with van der Waals surface area (Å²) in [4.78, 5) is 17.0. The Kier molecular flexibility index (Phi) is 7.09. The predicted octanol–water partition coefficient (Wildman–Crippen LogP) is 4.82. The summed E-state index contributed by atoms with van der Waals surface area (Å²) in [6.07, 6.45) is 6.81. The molecule has 4 aromatic rings. The molecule has 3 aromatic heterocycles. The van der Waals surface area contributed by atoms with Crippen molar-refractivity contribution >= 4 is 34.7 Å².